The van der Waals surface area contributed by atoms with Crippen molar-refractivity contribution in [2.45, 2.75) is 57.5 Å². The normalized spacial score (nSPS) is 31.5. The number of nitrogens with zero attached hydrogens (tertiary/aromatic N) is 1. The summed E-state index contributed by atoms with van der Waals surface area (Å²) >= 11 is 0. The first-order valence-corrected chi connectivity index (χ1v) is 7.18. The molecule has 88 valence electrons. The lowest BCUT2D eigenvalue weighted by Crippen LogP contribution is -2.55. The van der Waals surface area contributed by atoms with Gasteiger partial charge in [-0.3, -0.25) is 0 Å². The molecule has 15 heavy (non-hydrogen) atoms. The molecule has 2 rings (SSSR count). The van der Waals surface area contributed by atoms with Gasteiger partial charge in [0.05, 0.1) is 0 Å². The minimum atomic E-state index is -3.24. The van der Waals surface area contributed by atoms with Crippen molar-refractivity contribution >= 4 is 10.2 Å². The van der Waals surface area contributed by atoms with Crippen molar-refractivity contribution in [1.29, 1.82) is 0 Å². The third kappa shape index (κ3) is 2.19. The van der Waals surface area contributed by atoms with E-state index in [-0.39, 0.29) is 11.6 Å². The van der Waals surface area contributed by atoms with Gasteiger partial charge in [-0.15, -0.1) is 0 Å². The summed E-state index contributed by atoms with van der Waals surface area (Å²) in [7, 11) is -3.24. The van der Waals surface area contributed by atoms with Crippen LogP contribution >= 0.6 is 0 Å². The van der Waals surface area contributed by atoms with Gasteiger partial charge in [0.1, 0.15) is 0 Å². The molecular weight excluding hydrogens is 212 g/mol. The van der Waals surface area contributed by atoms with Crippen LogP contribution in [-0.2, 0) is 10.2 Å². The molecule has 1 saturated carbocycles. The maximum Gasteiger partial charge on any atom is 0.280 e. The van der Waals surface area contributed by atoms with E-state index in [1.54, 1.807) is 4.31 Å². The molecule has 1 aliphatic carbocycles. The third-order valence-electron chi connectivity index (χ3n) is 3.63. The van der Waals surface area contributed by atoms with Crippen LogP contribution < -0.4 is 4.72 Å². The van der Waals surface area contributed by atoms with Gasteiger partial charge in [0, 0.05) is 18.1 Å². The molecule has 0 aromatic rings. The molecule has 0 spiro atoms. The Morgan fingerprint density at radius 1 is 1.33 bits per heavy atom. The van der Waals surface area contributed by atoms with Crippen LogP contribution in [0.2, 0.25) is 0 Å². The summed E-state index contributed by atoms with van der Waals surface area (Å²) in [4.78, 5) is 0. The van der Waals surface area contributed by atoms with Crippen LogP contribution in [0.5, 0.6) is 0 Å². The molecule has 1 heterocycles. The second kappa shape index (κ2) is 3.71. The molecule has 0 radical (unpaired) electrons. The Morgan fingerprint density at radius 2 is 2.00 bits per heavy atom. The Hall–Kier alpha value is -0.130. The van der Waals surface area contributed by atoms with Gasteiger partial charge in [0.2, 0.25) is 0 Å². The predicted molar refractivity (Wildman–Crippen MR) is 59.7 cm³/mol. The van der Waals surface area contributed by atoms with Crippen molar-refractivity contribution in [3.8, 4) is 0 Å². The first-order chi connectivity index (χ1) is 6.93. The molecule has 5 heteroatoms. The average Bonchev–Trinajstić information content (AvgIpc) is 2.48. The van der Waals surface area contributed by atoms with E-state index in [0.29, 0.717) is 6.54 Å². The lowest BCUT2D eigenvalue weighted by atomic mass is 9.80. The molecule has 1 aliphatic heterocycles. The maximum atomic E-state index is 12.1. The van der Waals surface area contributed by atoms with Gasteiger partial charge >= 0.3 is 0 Å². The Balaban J connectivity index is 2.06. The zero-order valence-electron chi connectivity index (χ0n) is 9.49. The van der Waals surface area contributed by atoms with E-state index in [0.717, 1.165) is 32.1 Å². The zero-order chi connectivity index (χ0) is 11.1. The monoisotopic (exact) mass is 232 g/mol. The van der Waals surface area contributed by atoms with Gasteiger partial charge in [0.15, 0.2) is 0 Å². The number of hydrogen-bond acceptors (Lipinski definition) is 2. The van der Waals surface area contributed by atoms with Gasteiger partial charge in [-0.05, 0) is 46.0 Å². The Kier molecular flexibility index (Phi) is 2.81. The second-order valence-corrected chi connectivity index (χ2v) is 6.75. The van der Waals surface area contributed by atoms with Crippen LogP contribution in [-0.4, -0.2) is 30.8 Å². The summed E-state index contributed by atoms with van der Waals surface area (Å²) < 4.78 is 28.6. The number of rotatable bonds is 3. The highest BCUT2D eigenvalue weighted by Crippen LogP contribution is 2.33. The highest BCUT2D eigenvalue weighted by Gasteiger charge is 2.40. The SMILES string of the molecule is C[C@H]1CCCN1S(=O)(=O)NC1(C)CCC1. The number of nitrogens with one attached hydrogen (secondary N) is 1. The Bertz CT molecular complexity index is 335. The van der Waals surface area contributed by atoms with Gasteiger partial charge in [-0.2, -0.15) is 17.4 Å². The van der Waals surface area contributed by atoms with Gasteiger partial charge in [-0.25, -0.2) is 0 Å². The largest absolute Gasteiger partial charge is 0.280 e. The summed E-state index contributed by atoms with van der Waals surface area (Å²) in [5.41, 5.74) is -0.179. The second-order valence-electron chi connectivity index (χ2n) is 5.12. The first-order valence-electron chi connectivity index (χ1n) is 5.74. The van der Waals surface area contributed by atoms with Crippen LogP contribution in [0.1, 0.15) is 46.0 Å². The summed E-state index contributed by atoms with van der Waals surface area (Å²) in [5, 5.41) is 0. The highest BCUT2D eigenvalue weighted by atomic mass is 32.2. The molecular formula is C10H20N2O2S. The summed E-state index contributed by atoms with van der Waals surface area (Å²) in [5.74, 6) is 0. The highest BCUT2D eigenvalue weighted by molar-refractivity contribution is 7.87. The average molecular weight is 232 g/mol. The van der Waals surface area contributed by atoms with E-state index in [9.17, 15) is 8.42 Å². The molecule has 2 aliphatic rings. The van der Waals surface area contributed by atoms with E-state index in [4.69, 9.17) is 0 Å². The van der Waals surface area contributed by atoms with Crippen molar-refractivity contribution in [3.05, 3.63) is 0 Å². The summed E-state index contributed by atoms with van der Waals surface area (Å²) in [6.45, 7) is 4.65. The summed E-state index contributed by atoms with van der Waals surface area (Å²) in [6, 6.07) is 0.158. The minimum absolute atomic E-state index is 0.158. The van der Waals surface area contributed by atoms with Crippen LogP contribution in [0.4, 0.5) is 0 Å². The van der Waals surface area contributed by atoms with Crippen molar-refractivity contribution in [1.82, 2.24) is 9.03 Å². The molecule has 0 aromatic carbocycles. The molecule has 0 unspecified atom stereocenters. The van der Waals surface area contributed by atoms with Crippen molar-refractivity contribution in [2.24, 2.45) is 0 Å². The Morgan fingerprint density at radius 3 is 2.40 bits per heavy atom. The zero-order valence-corrected chi connectivity index (χ0v) is 10.3. The van der Waals surface area contributed by atoms with Gasteiger partial charge in [0.25, 0.3) is 10.2 Å². The Labute approximate surface area is 92.2 Å². The van der Waals surface area contributed by atoms with Crippen LogP contribution in [0.3, 0.4) is 0 Å². The number of hydrogen-bond donors (Lipinski definition) is 1. The van der Waals surface area contributed by atoms with Crippen LogP contribution in [0.15, 0.2) is 0 Å². The van der Waals surface area contributed by atoms with Crippen molar-refractivity contribution < 1.29 is 8.42 Å². The maximum absolute atomic E-state index is 12.1. The van der Waals surface area contributed by atoms with E-state index in [2.05, 4.69) is 4.72 Å². The fourth-order valence-corrected chi connectivity index (χ4v) is 4.34. The lowest BCUT2D eigenvalue weighted by molar-refractivity contribution is 0.239. The third-order valence-corrected chi connectivity index (χ3v) is 5.54. The fourth-order valence-electron chi connectivity index (χ4n) is 2.44. The van der Waals surface area contributed by atoms with Crippen molar-refractivity contribution in [2.75, 3.05) is 6.54 Å². The van der Waals surface area contributed by atoms with Crippen LogP contribution in [0.25, 0.3) is 0 Å². The molecule has 0 bridgehead atoms. The standard InChI is InChI=1S/C10H20N2O2S/c1-9-5-3-8-12(9)15(13,14)11-10(2)6-4-7-10/h9,11H,3-8H2,1-2H3/t9-/m0/s1. The predicted octanol–water partition coefficient (Wildman–Crippen LogP) is 1.25. The van der Waals surface area contributed by atoms with Gasteiger partial charge < -0.3 is 0 Å². The van der Waals surface area contributed by atoms with E-state index in [1.807, 2.05) is 13.8 Å². The fraction of sp³-hybridized carbons (Fsp3) is 1.00. The topological polar surface area (TPSA) is 49.4 Å². The molecule has 4 nitrogen and oxygen atoms in total. The van der Waals surface area contributed by atoms with Crippen molar-refractivity contribution in [3.63, 3.8) is 0 Å². The lowest BCUT2D eigenvalue weighted by Gasteiger charge is -2.40. The molecule has 1 atom stereocenters. The molecule has 2 fully saturated rings. The quantitative estimate of drug-likeness (QED) is 0.796. The molecule has 1 N–H and O–H groups in total. The van der Waals surface area contributed by atoms with E-state index in [1.165, 1.54) is 0 Å². The molecule has 0 amide bonds. The van der Waals surface area contributed by atoms with E-state index >= 15 is 0 Å². The minimum Gasteiger partial charge on any atom is -0.196 e. The van der Waals surface area contributed by atoms with E-state index < -0.39 is 10.2 Å². The molecule has 1 saturated heterocycles. The van der Waals surface area contributed by atoms with Crippen LogP contribution in [0, 0.1) is 0 Å². The molecule has 0 aromatic heterocycles. The van der Waals surface area contributed by atoms with Gasteiger partial charge in [-0.1, -0.05) is 0 Å². The first kappa shape index (κ1) is 11.4. The smallest absolute Gasteiger partial charge is 0.196 e. The summed E-state index contributed by atoms with van der Waals surface area (Å²) in [6.07, 6.45) is 5.04.